The second-order valence-corrected chi connectivity index (χ2v) is 6.69. The summed E-state index contributed by atoms with van der Waals surface area (Å²) < 4.78 is 10.1. The van der Waals surface area contributed by atoms with Gasteiger partial charge in [-0.3, -0.25) is 5.32 Å². The van der Waals surface area contributed by atoms with E-state index in [9.17, 15) is 10.1 Å². The fraction of sp³-hybridized carbons (Fsp3) is 0.286. The zero-order valence-electron chi connectivity index (χ0n) is 16.5. The number of nitrogens with one attached hydrogen (secondary N) is 1. The van der Waals surface area contributed by atoms with E-state index < -0.39 is 5.97 Å². The normalized spacial score (nSPS) is 13.1. The summed E-state index contributed by atoms with van der Waals surface area (Å²) in [6.45, 7) is 3.91. The van der Waals surface area contributed by atoms with Crippen LogP contribution in [0.2, 0.25) is 0 Å². The van der Waals surface area contributed by atoms with Crippen LogP contribution in [0.3, 0.4) is 0 Å². The van der Waals surface area contributed by atoms with Crippen molar-refractivity contribution in [2.24, 2.45) is 0 Å². The third-order valence-corrected chi connectivity index (χ3v) is 4.72. The first kappa shape index (κ1) is 19.4. The molecule has 0 saturated carbocycles. The van der Waals surface area contributed by atoms with E-state index in [0.717, 1.165) is 37.2 Å². The molecule has 0 radical (unpaired) electrons. The lowest BCUT2D eigenvalue weighted by molar-refractivity contribution is 0.0519. The number of nitriles is 1. The van der Waals surface area contributed by atoms with E-state index >= 15 is 0 Å². The molecular formula is C21H20N6O3. The highest BCUT2D eigenvalue weighted by Crippen LogP contribution is 2.29. The van der Waals surface area contributed by atoms with Gasteiger partial charge in [0.25, 0.3) is 0 Å². The molecule has 1 N–H and O–H groups in total. The monoisotopic (exact) mass is 404 g/mol. The van der Waals surface area contributed by atoms with Gasteiger partial charge in [0.15, 0.2) is 5.69 Å². The number of aromatic nitrogens is 3. The van der Waals surface area contributed by atoms with Crippen molar-refractivity contribution >= 4 is 23.6 Å². The van der Waals surface area contributed by atoms with Crippen LogP contribution in [0.25, 0.3) is 11.3 Å². The predicted molar refractivity (Wildman–Crippen MR) is 109 cm³/mol. The standard InChI is InChI=1S/C21H20N6O3/c1-2-29-19(28)17-13-30-21(25-17)26-20-23-8-7-16(24-20)14-5-6-18(15(11-14)12-22)27-9-3-4-10-27/h5-8,11,13H,2-4,9-10H2,1H3,(H,23,24,25,26). The molecule has 0 amide bonds. The highest BCUT2D eigenvalue weighted by Gasteiger charge is 2.17. The molecule has 1 saturated heterocycles. The third kappa shape index (κ3) is 4.07. The molecule has 0 bridgehead atoms. The van der Waals surface area contributed by atoms with E-state index in [-0.39, 0.29) is 24.3 Å². The fourth-order valence-electron chi connectivity index (χ4n) is 3.32. The maximum atomic E-state index is 11.7. The number of hydrogen-bond donors (Lipinski definition) is 1. The van der Waals surface area contributed by atoms with E-state index in [2.05, 4.69) is 31.2 Å². The first-order chi connectivity index (χ1) is 14.7. The molecular weight excluding hydrogens is 384 g/mol. The van der Waals surface area contributed by atoms with Crippen LogP contribution in [-0.2, 0) is 4.74 Å². The molecule has 9 heteroatoms. The lowest BCUT2D eigenvalue weighted by atomic mass is 10.1. The Morgan fingerprint density at radius 1 is 1.30 bits per heavy atom. The minimum atomic E-state index is -0.564. The zero-order chi connectivity index (χ0) is 20.9. The van der Waals surface area contributed by atoms with Gasteiger partial charge in [-0.1, -0.05) is 6.07 Å². The summed E-state index contributed by atoms with van der Waals surface area (Å²) in [5, 5.41) is 12.4. The Bertz CT molecular complexity index is 1100. The van der Waals surface area contributed by atoms with E-state index in [0.29, 0.717) is 11.3 Å². The Morgan fingerprint density at radius 3 is 2.90 bits per heavy atom. The second kappa shape index (κ2) is 8.61. The number of carbonyl (C=O) groups is 1. The number of benzene rings is 1. The van der Waals surface area contributed by atoms with Crippen molar-refractivity contribution in [2.75, 3.05) is 29.9 Å². The molecule has 0 atom stereocenters. The van der Waals surface area contributed by atoms with Gasteiger partial charge >= 0.3 is 12.0 Å². The SMILES string of the molecule is CCOC(=O)c1coc(Nc2nccc(-c3ccc(N4CCCC4)c(C#N)c3)n2)n1. The Hall–Kier alpha value is -3.93. The molecule has 0 unspecified atom stereocenters. The first-order valence-corrected chi connectivity index (χ1v) is 9.70. The molecule has 3 aromatic rings. The molecule has 9 nitrogen and oxygen atoms in total. The molecule has 2 aromatic heterocycles. The molecule has 3 heterocycles. The highest BCUT2D eigenvalue weighted by molar-refractivity contribution is 5.87. The van der Waals surface area contributed by atoms with Crippen molar-refractivity contribution in [2.45, 2.75) is 19.8 Å². The van der Waals surface area contributed by atoms with Crippen LogP contribution < -0.4 is 10.2 Å². The molecule has 1 fully saturated rings. The average Bonchev–Trinajstić information content (AvgIpc) is 3.46. The molecule has 1 aromatic carbocycles. The lowest BCUT2D eigenvalue weighted by Gasteiger charge is -2.19. The summed E-state index contributed by atoms with van der Waals surface area (Å²) in [6, 6.07) is 9.89. The molecule has 0 spiro atoms. The number of anilines is 3. The Balaban J connectivity index is 1.55. The van der Waals surface area contributed by atoms with E-state index in [4.69, 9.17) is 9.15 Å². The summed E-state index contributed by atoms with van der Waals surface area (Å²) >= 11 is 0. The highest BCUT2D eigenvalue weighted by atomic mass is 16.5. The zero-order valence-corrected chi connectivity index (χ0v) is 16.5. The van der Waals surface area contributed by atoms with E-state index in [1.165, 1.54) is 6.26 Å². The first-order valence-electron chi connectivity index (χ1n) is 9.70. The minimum absolute atomic E-state index is 0.0617. The number of carbonyl (C=O) groups excluding carboxylic acids is 1. The van der Waals surface area contributed by atoms with Gasteiger partial charge in [0.05, 0.1) is 23.6 Å². The number of rotatable bonds is 6. The van der Waals surface area contributed by atoms with Gasteiger partial charge in [-0.25, -0.2) is 14.8 Å². The van der Waals surface area contributed by atoms with Gasteiger partial charge in [0.1, 0.15) is 12.3 Å². The Labute approximate surface area is 173 Å². The summed E-state index contributed by atoms with van der Waals surface area (Å²) in [7, 11) is 0. The molecule has 1 aliphatic rings. The van der Waals surface area contributed by atoms with Gasteiger partial charge in [-0.15, -0.1) is 0 Å². The summed E-state index contributed by atoms with van der Waals surface area (Å²) in [4.78, 5) is 26.6. The van der Waals surface area contributed by atoms with Crippen LogP contribution in [0.15, 0.2) is 41.1 Å². The van der Waals surface area contributed by atoms with Gasteiger partial charge in [-0.05, 0) is 38.0 Å². The number of hydrogen-bond acceptors (Lipinski definition) is 9. The number of esters is 1. The molecule has 1 aliphatic heterocycles. The predicted octanol–water partition coefficient (Wildman–Crippen LogP) is 3.52. The molecule has 30 heavy (non-hydrogen) atoms. The summed E-state index contributed by atoms with van der Waals surface area (Å²) in [5.74, 6) is -0.307. The Kier molecular flexibility index (Phi) is 5.57. The molecule has 0 aliphatic carbocycles. The fourth-order valence-corrected chi connectivity index (χ4v) is 3.32. The molecule has 152 valence electrons. The number of nitrogens with zero attached hydrogens (tertiary/aromatic N) is 5. The van der Waals surface area contributed by atoms with Crippen LogP contribution >= 0.6 is 0 Å². The van der Waals surface area contributed by atoms with E-state index in [1.54, 1.807) is 19.2 Å². The van der Waals surface area contributed by atoms with Gasteiger partial charge in [0, 0.05) is 24.8 Å². The van der Waals surface area contributed by atoms with Crippen LogP contribution in [0, 0.1) is 11.3 Å². The van der Waals surface area contributed by atoms with Gasteiger partial charge in [0.2, 0.25) is 5.95 Å². The summed E-state index contributed by atoms with van der Waals surface area (Å²) in [6.07, 6.45) is 5.10. The van der Waals surface area contributed by atoms with Crippen LogP contribution in [0.5, 0.6) is 0 Å². The van der Waals surface area contributed by atoms with Crippen molar-refractivity contribution in [3.05, 3.63) is 48.0 Å². The molecule has 4 rings (SSSR count). The van der Waals surface area contributed by atoms with Crippen LogP contribution in [0.1, 0.15) is 35.8 Å². The summed E-state index contributed by atoms with van der Waals surface area (Å²) in [5.41, 5.74) is 3.09. The maximum absolute atomic E-state index is 11.7. The van der Waals surface area contributed by atoms with Crippen molar-refractivity contribution in [1.29, 1.82) is 5.26 Å². The maximum Gasteiger partial charge on any atom is 0.360 e. The minimum Gasteiger partial charge on any atom is -0.461 e. The number of ether oxygens (including phenoxy) is 1. The van der Waals surface area contributed by atoms with Gasteiger partial charge < -0.3 is 14.1 Å². The smallest absolute Gasteiger partial charge is 0.360 e. The Morgan fingerprint density at radius 2 is 2.13 bits per heavy atom. The van der Waals surface area contributed by atoms with Crippen LogP contribution in [0.4, 0.5) is 17.7 Å². The van der Waals surface area contributed by atoms with Crippen molar-refractivity contribution in [3.8, 4) is 17.3 Å². The number of oxazole rings is 1. The average molecular weight is 404 g/mol. The van der Waals surface area contributed by atoms with Crippen molar-refractivity contribution in [1.82, 2.24) is 15.0 Å². The second-order valence-electron chi connectivity index (χ2n) is 6.69. The van der Waals surface area contributed by atoms with Gasteiger partial charge in [-0.2, -0.15) is 10.2 Å². The lowest BCUT2D eigenvalue weighted by Crippen LogP contribution is -2.18. The largest absolute Gasteiger partial charge is 0.461 e. The van der Waals surface area contributed by atoms with Crippen LogP contribution in [-0.4, -0.2) is 40.6 Å². The van der Waals surface area contributed by atoms with E-state index in [1.807, 2.05) is 18.2 Å². The quantitative estimate of drug-likeness (QED) is 0.616. The van der Waals surface area contributed by atoms with Crippen molar-refractivity contribution in [3.63, 3.8) is 0 Å². The van der Waals surface area contributed by atoms with Crippen molar-refractivity contribution < 1.29 is 13.9 Å². The topological polar surface area (TPSA) is 117 Å². The third-order valence-electron chi connectivity index (χ3n) is 4.72.